The van der Waals surface area contributed by atoms with Gasteiger partial charge >= 0.3 is 0 Å². The van der Waals surface area contributed by atoms with Gasteiger partial charge in [0.15, 0.2) is 0 Å². The molecule has 1 aliphatic carbocycles. The van der Waals surface area contributed by atoms with E-state index in [0.717, 1.165) is 21.0 Å². The van der Waals surface area contributed by atoms with Crippen molar-refractivity contribution in [2.45, 2.75) is 0 Å². The van der Waals surface area contributed by atoms with Gasteiger partial charge in [-0.1, -0.05) is 21.9 Å². The van der Waals surface area contributed by atoms with E-state index in [1.54, 1.807) is 21.7 Å². The van der Waals surface area contributed by atoms with E-state index in [2.05, 4.69) is 15.8 Å². The number of rotatable bonds is 0. The Kier molecular flexibility index (Phi) is 1.46. The Morgan fingerprint density at radius 1 is 1.42 bits per heavy atom. The molecule has 60 valence electrons. The molecule has 1 aliphatic heterocycles. The van der Waals surface area contributed by atoms with Crippen molar-refractivity contribution in [3.05, 3.63) is 16.5 Å². The molecule has 0 saturated carbocycles. The van der Waals surface area contributed by atoms with E-state index in [9.17, 15) is 0 Å². The molecule has 0 fully saturated rings. The van der Waals surface area contributed by atoms with Crippen LogP contribution >= 0.6 is 43.8 Å². The number of thiophene rings is 1. The van der Waals surface area contributed by atoms with E-state index in [1.807, 2.05) is 0 Å². The molecular weight excluding hydrogens is 230 g/mol. The van der Waals surface area contributed by atoms with Crippen LogP contribution in [-0.4, -0.2) is 4.37 Å². The normalized spacial score (nSPS) is 11.8. The standard InChI is InChI=1S/C7H2ClNS3/c8-4-3-1-2-10-6(3)5-7(4)11-12-9-5/h1-2H. The molecule has 0 aromatic carbocycles. The molecule has 0 saturated heterocycles. The third kappa shape index (κ3) is 0.758. The van der Waals surface area contributed by atoms with Crippen molar-refractivity contribution in [1.82, 2.24) is 4.37 Å². The smallest absolute Gasteiger partial charge is 0.114 e. The van der Waals surface area contributed by atoms with Gasteiger partial charge in [0.25, 0.3) is 0 Å². The first-order valence-corrected chi connectivity index (χ1v) is 6.64. The maximum Gasteiger partial charge on any atom is 0.114 e. The maximum absolute atomic E-state index is 6.16. The Balaban J connectivity index is 2.66. The van der Waals surface area contributed by atoms with Crippen LogP contribution in [0, 0.1) is 0 Å². The number of fused-ring (bicyclic) bond motifs is 3. The van der Waals surface area contributed by atoms with Gasteiger partial charge in [-0.15, -0.1) is 11.3 Å². The average Bonchev–Trinajstić information content (AvgIpc) is 2.72. The zero-order chi connectivity index (χ0) is 8.13. The topological polar surface area (TPSA) is 12.9 Å². The highest BCUT2D eigenvalue weighted by molar-refractivity contribution is 7.68. The maximum atomic E-state index is 6.16. The summed E-state index contributed by atoms with van der Waals surface area (Å²) in [6.07, 6.45) is 0. The summed E-state index contributed by atoms with van der Waals surface area (Å²) in [6.45, 7) is 0. The quantitative estimate of drug-likeness (QED) is 0.529. The number of hydrogen-bond donors (Lipinski definition) is 0. The summed E-state index contributed by atoms with van der Waals surface area (Å²) in [4.78, 5) is 1.14. The van der Waals surface area contributed by atoms with Crippen LogP contribution in [0.3, 0.4) is 0 Å². The molecule has 12 heavy (non-hydrogen) atoms. The zero-order valence-corrected chi connectivity index (χ0v) is 8.91. The first-order chi connectivity index (χ1) is 5.88. The second-order valence-electron chi connectivity index (χ2n) is 2.40. The van der Waals surface area contributed by atoms with Crippen LogP contribution in [0.5, 0.6) is 0 Å². The first kappa shape index (κ1) is 7.26. The van der Waals surface area contributed by atoms with Crippen molar-refractivity contribution in [3.8, 4) is 10.6 Å². The lowest BCUT2D eigenvalue weighted by Crippen LogP contribution is -1.62. The van der Waals surface area contributed by atoms with Crippen LogP contribution in [0.25, 0.3) is 20.7 Å². The number of halogens is 1. The Hall–Kier alpha value is -0.160. The minimum atomic E-state index is 0.875. The lowest BCUT2D eigenvalue weighted by atomic mass is 10.4. The highest BCUT2D eigenvalue weighted by Crippen LogP contribution is 2.47. The molecule has 0 unspecified atom stereocenters. The van der Waals surface area contributed by atoms with Gasteiger partial charge in [0.05, 0.1) is 14.6 Å². The van der Waals surface area contributed by atoms with Crippen molar-refractivity contribution in [1.29, 1.82) is 0 Å². The summed E-state index contributed by atoms with van der Waals surface area (Å²) in [6, 6.07) is 2.06. The molecule has 0 bridgehead atoms. The van der Waals surface area contributed by atoms with Crippen LogP contribution in [0.1, 0.15) is 0 Å². The van der Waals surface area contributed by atoms with Crippen LogP contribution in [0.2, 0.25) is 5.02 Å². The van der Waals surface area contributed by atoms with Crippen molar-refractivity contribution < 1.29 is 0 Å². The summed E-state index contributed by atoms with van der Waals surface area (Å²) < 4.78 is 5.56. The number of nitrogens with zero attached hydrogens (tertiary/aromatic N) is 1. The minimum Gasteiger partial charge on any atom is -0.180 e. The van der Waals surface area contributed by atoms with E-state index >= 15 is 0 Å². The minimum absolute atomic E-state index is 0.875. The third-order valence-electron chi connectivity index (χ3n) is 1.78. The molecule has 0 radical (unpaired) electrons. The van der Waals surface area contributed by atoms with Gasteiger partial charge in [-0.25, -0.2) is 0 Å². The molecule has 1 nitrogen and oxygen atoms in total. The highest BCUT2D eigenvalue weighted by atomic mass is 35.5. The van der Waals surface area contributed by atoms with Crippen molar-refractivity contribution in [2.24, 2.45) is 0 Å². The van der Waals surface area contributed by atoms with Gasteiger partial charge in [0.1, 0.15) is 5.69 Å². The van der Waals surface area contributed by atoms with Crippen LogP contribution < -0.4 is 0 Å². The largest absolute Gasteiger partial charge is 0.180 e. The zero-order valence-electron chi connectivity index (χ0n) is 5.70. The molecule has 0 N–H and O–H groups in total. The summed E-state index contributed by atoms with van der Waals surface area (Å²) in [5, 5.41) is 4.09. The second-order valence-corrected chi connectivity index (χ2v) is 5.55. The predicted molar refractivity (Wildman–Crippen MR) is 57.0 cm³/mol. The molecule has 2 heterocycles. The van der Waals surface area contributed by atoms with Crippen molar-refractivity contribution >= 4 is 53.9 Å². The molecule has 0 atom stereocenters. The summed E-state index contributed by atoms with van der Waals surface area (Å²) in [7, 11) is 3.16. The lowest BCUT2D eigenvalue weighted by Gasteiger charge is -1.82. The Bertz CT molecular complexity index is 506. The molecular formula is C7H2ClNS3. The fraction of sp³-hybridized carbons (Fsp3) is 0. The second kappa shape index (κ2) is 2.42. The molecule has 5 heteroatoms. The molecule has 1 aromatic rings. The first-order valence-electron chi connectivity index (χ1n) is 3.28. The number of hydrogen-bond acceptors (Lipinski definition) is 4. The average molecular weight is 232 g/mol. The van der Waals surface area contributed by atoms with E-state index in [0.29, 0.717) is 0 Å². The van der Waals surface area contributed by atoms with E-state index in [1.165, 1.54) is 15.2 Å². The lowest BCUT2D eigenvalue weighted by molar-refractivity contribution is 1.62. The third-order valence-corrected chi connectivity index (χ3v) is 5.05. The summed E-state index contributed by atoms with van der Waals surface area (Å²) >= 11 is 7.87. The fourth-order valence-corrected chi connectivity index (χ4v) is 4.70. The van der Waals surface area contributed by atoms with Gasteiger partial charge in [0, 0.05) is 15.9 Å². The SMILES string of the molecule is Clc1c2ssnc-2c2sccc12. The predicted octanol–water partition coefficient (Wildman–Crippen LogP) is 4.18. The van der Waals surface area contributed by atoms with Gasteiger partial charge in [0.2, 0.25) is 0 Å². The Labute approximate surface area is 85.1 Å². The van der Waals surface area contributed by atoms with Crippen molar-refractivity contribution in [2.75, 3.05) is 0 Å². The monoisotopic (exact) mass is 231 g/mol. The van der Waals surface area contributed by atoms with Gasteiger partial charge in [-0.05, 0) is 11.4 Å². The molecule has 2 aliphatic rings. The molecule has 0 amide bonds. The molecule has 1 aromatic heterocycles. The van der Waals surface area contributed by atoms with Gasteiger partial charge < -0.3 is 0 Å². The van der Waals surface area contributed by atoms with Crippen LogP contribution in [0.15, 0.2) is 11.4 Å². The Morgan fingerprint density at radius 2 is 2.33 bits per heavy atom. The highest BCUT2D eigenvalue weighted by Gasteiger charge is 2.20. The summed E-state index contributed by atoms with van der Waals surface area (Å²) in [5.41, 5.74) is 1.08. The van der Waals surface area contributed by atoms with E-state index in [4.69, 9.17) is 11.6 Å². The van der Waals surface area contributed by atoms with Crippen LogP contribution in [0.4, 0.5) is 0 Å². The van der Waals surface area contributed by atoms with E-state index in [-0.39, 0.29) is 0 Å². The van der Waals surface area contributed by atoms with Gasteiger partial charge in [-0.3, -0.25) is 0 Å². The molecule has 0 spiro atoms. The molecule has 3 rings (SSSR count). The van der Waals surface area contributed by atoms with E-state index < -0.39 is 0 Å². The van der Waals surface area contributed by atoms with Gasteiger partial charge in [-0.2, -0.15) is 4.37 Å². The Morgan fingerprint density at radius 3 is 3.25 bits per heavy atom. The van der Waals surface area contributed by atoms with Crippen molar-refractivity contribution in [3.63, 3.8) is 0 Å². The summed E-state index contributed by atoms with van der Waals surface area (Å²) in [5.74, 6) is 0. The number of aromatic nitrogens is 1. The van der Waals surface area contributed by atoms with Crippen LogP contribution in [-0.2, 0) is 0 Å². The fourth-order valence-electron chi connectivity index (χ4n) is 1.25.